The van der Waals surface area contributed by atoms with Crippen LogP contribution in [0.15, 0.2) is 70.6 Å². The maximum Gasteiger partial charge on any atom is 0.295 e. The fourth-order valence-electron chi connectivity index (χ4n) is 2.34. The van der Waals surface area contributed by atoms with Crippen LogP contribution in [0.25, 0.3) is 0 Å². The van der Waals surface area contributed by atoms with Gasteiger partial charge >= 0.3 is 0 Å². The molecule has 0 bridgehead atoms. The average molecular weight is 337 g/mol. The first-order chi connectivity index (χ1) is 12.1. The Bertz CT molecular complexity index is 805. The third kappa shape index (κ3) is 4.14. The van der Waals surface area contributed by atoms with E-state index < -0.39 is 5.79 Å². The number of carbonyl (C=O) groups excluding carboxylic acids is 1. The Morgan fingerprint density at radius 2 is 1.68 bits per heavy atom. The summed E-state index contributed by atoms with van der Waals surface area (Å²) in [5.74, 6) is -1.04. The minimum atomic E-state index is -1.19. The molecule has 1 aliphatic rings. The van der Waals surface area contributed by atoms with Crippen molar-refractivity contribution < 1.29 is 9.53 Å². The van der Waals surface area contributed by atoms with Crippen LogP contribution in [0, 0.1) is 0 Å². The van der Waals surface area contributed by atoms with Crippen molar-refractivity contribution >= 4 is 23.6 Å². The van der Waals surface area contributed by atoms with Crippen LogP contribution in [-0.4, -0.2) is 30.8 Å². The first-order valence-electron chi connectivity index (χ1n) is 7.78. The van der Waals surface area contributed by atoms with Crippen LogP contribution in [0.2, 0.25) is 0 Å². The summed E-state index contributed by atoms with van der Waals surface area (Å²) in [7, 11) is 1.50. The number of ether oxygens (including phenoxy) is 1. The van der Waals surface area contributed by atoms with Crippen molar-refractivity contribution in [3.8, 4) is 0 Å². The number of aliphatic imine (C=N–C) groups is 2. The minimum Gasteiger partial charge on any atom is -0.468 e. The van der Waals surface area contributed by atoms with E-state index >= 15 is 0 Å². The van der Waals surface area contributed by atoms with E-state index in [1.54, 1.807) is 31.2 Å². The molecule has 3 rings (SSSR count). The Kier molecular flexibility index (Phi) is 4.65. The number of benzene rings is 2. The molecule has 0 saturated carbocycles. The van der Waals surface area contributed by atoms with E-state index in [-0.39, 0.29) is 11.9 Å². The second-order valence-electron chi connectivity index (χ2n) is 5.54. The van der Waals surface area contributed by atoms with Crippen molar-refractivity contribution in [2.75, 3.05) is 12.4 Å². The summed E-state index contributed by atoms with van der Waals surface area (Å²) in [5.41, 5.74) is 1.38. The van der Waals surface area contributed by atoms with Crippen LogP contribution in [-0.2, 0) is 4.74 Å². The first kappa shape index (κ1) is 16.5. The summed E-state index contributed by atoms with van der Waals surface area (Å²) in [6.07, 6.45) is 0. The molecule has 128 valence electrons. The van der Waals surface area contributed by atoms with Gasteiger partial charge in [-0.25, -0.2) is 4.99 Å². The van der Waals surface area contributed by atoms with E-state index in [0.717, 1.165) is 5.69 Å². The Morgan fingerprint density at radius 1 is 1.04 bits per heavy atom. The van der Waals surface area contributed by atoms with Crippen LogP contribution in [0.5, 0.6) is 0 Å². The van der Waals surface area contributed by atoms with Crippen molar-refractivity contribution in [2.45, 2.75) is 12.7 Å². The molecule has 0 spiro atoms. The molecule has 25 heavy (non-hydrogen) atoms. The zero-order valence-corrected chi connectivity index (χ0v) is 14.0. The summed E-state index contributed by atoms with van der Waals surface area (Å²) in [6, 6.07) is 18.7. The van der Waals surface area contributed by atoms with Gasteiger partial charge in [0.1, 0.15) is 0 Å². The lowest BCUT2D eigenvalue weighted by Gasteiger charge is -2.29. The lowest BCUT2D eigenvalue weighted by atomic mass is 10.2. The molecule has 0 radical (unpaired) electrons. The number of hydrogen-bond donors (Lipinski definition) is 3. The zero-order valence-electron chi connectivity index (χ0n) is 14.0. The highest BCUT2D eigenvalue weighted by Gasteiger charge is 2.31. The first-order valence-corrected chi connectivity index (χ1v) is 7.78. The van der Waals surface area contributed by atoms with Crippen molar-refractivity contribution in [1.82, 2.24) is 10.6 Å². The molecule has 2 aromatic carbocycles. The van der Waals surface area contributed by atoms with Crippen molar-refractivity contribution in [3.63, 3.8) is 0 Å². The monoisotopic (exact) mass is 337 g/mol. The number of amidine groups is 1. The minimum absolute atomic E-state index is 0.254. The number of nitrogens with zero attached hydrogens (tertiary/aromatic N) is 2. The number of para-hydroxylation sites is 1. The third-order valence-corrected chi connectivity index (χ3v) is 3.49. The molecule has 1 heterocycles. The van der Waals surface area contributed by atoms with Gasteiger partial charge in [-0.15, -0.1) is 0 Å². The number of carbonyl (C=O) groups is 1. The topological polar surface area (TPSA) is 87.1 Å². The second-order valence-corrected chi connectivity index (χ2v) is 5.54. The predicted octanol–water partition coefficient (Wildman–Crippen LogP) is 2.16. The quantitative estimate of drug-likeness (QED) is 0.801. The Labute approximate surface area is 145 Å². The molecule has 1 atom stereocenters. The van der Waals surface area contributed by atoms with Gasteiger partial charge in [0.15, 0.2) is 0 Å². The number of hydrogen-bond acceptors (Lipinski definition) is 6. The standard InChI is InChI=1S/C18H19N5O2/c1-18(21-15(24)13-9-5-3-6-10-13)22-16(20-17(23-18)25-2)19-14-11-7-4-8-12-14/h3-12H,1-2H3,(H,21,24)(H2,19,20,22,23). The molecule has 1 amide bonds. The van der Waals surface area contributed by atoms with Crippen molar-refractivity contribution in [2.24, 2.45) is 9.98 Å². The van der Waals surface area contributed by atoms with Gasteiger partial charge in [0.2, 0.25) is 11.7 Å². The molecule has 0 fully saturated rings. The van der Waals surface area contributed by atoms with Gasteiger partial charge in [-0.05, 0) is 24.3 Å². The van der Waals surface area contributed by atoms with Crippen LogP contribution < -0.4 is 16.0 Å². The summed E-state index contributed by atoms with van der Waals surface area (Å²) < 4.78 is 5.21. The SMILES string of the molecule is COC1=NC(C)(NC(=O)c2ccccc2)N=C(Nc2ccccc2)N1. The van der Waals surface area contributed by atoms with Crippen LogP contribution in [0.1, 0.15) is 17.3 Å². The second kappa shape index (κ2) is 7.04. The zero-order chi connectivity index (χ0) is 17.7. The normalized spacial score (nSPS) is 19.1. The smallest absolute Gasteiger partial charge is 0.295 e. The molecule has 0 aliphatic carbocycles. The summed E-state index contributed by atoms with van der Waals surface area (Å²) >= 11 is 0. The number of amides is 1. The Hall–Kier alpha value is -3.35. The number of nitrogens with one attached hydrogen (secondary N) is 3. The van der Waals surface area contributed by atoms with Gasteiger partial charge in [0.05, 0.1) is 7.11 Å². The number of guanidine groups is 1. The van der Waals surface area contributed by atoms with Crippen molar-refractivity contribution in [3.05, 3.63) is 66.2 Å². The Balaban J connectivity index is 1.82. The lowest BCUT2D eigenvalue weighted by molar-refractivity contribution is 0.0910. The summed E-state index contributed by atoms with van der Waals surface area (Å²) in [5, 5.41) is 8.89. The molecule has 1 unspecified atom stereocenters. The molecule has 7 heteroatoms. The van der Waals surface area contributed by atoms with Gasteiger partial charge in [-0.1, -0.05) is 36.4 Å². The largest absolute Gasteiger partial charge is 0.468 e. The summed E-state index contributed by atoms with van der Waals surface area (Å²) in [6.45, 7) is 1.69. The van der Waals surface area contributed by atoms with E-state index in [9.17, 15) is 4.79 Å². The van der Waals surface area contributed by atoms with Crippen LogP contribution in [0.3, 0.4) is 0 Å². The fraction of sp³-hybridized carbons (Fsp3) is 0.167. The van der Waals surface area contributed by atoms with Gasteiger partial charge in [0.25, 0.3) is 11.9 Å². The van der Waals surface area contributed by atoms with E-state index in [0.29, 0.717) is 11.5 Å². The van der Waals surface area contributed by atoms with Crippen LogP contribution in [0.4, 0.5) is 5.69 Å². The van der Waals surface area contributed by atoms with Crippen LogP contribution >= 0.6 is 0 Å². The third-order valence-electron chi connectivity index (χ3n) is 3.49. The van der Waals surface area contributed by atoms with Crippen molar-refractivity contribution in [1.29, 1.82) is 0 Å². The van der Waals surface area contributed by atoms with E-state index in [1.807, 2.05) is 36.4 Å². The van der Waals surface area contributed by atoms with Gasteiger partial charge < -0.3 is 15.4 Å². The number of methoxy groups -OCH3 is 1. The maximum atomic E-state index is 12.4. The molecule has 1 aliphatic heterocycles. The van der Waals surface area contributed by atoms with Gasteiger partial charge in [-0.3, -0.25) is 10.1 Å². The summed E-state index contributed by atoms with van der Waals surface area (Å²) in [4.78, 5) is 21.2. The molecule has 3 N–H and O–H groups in total. The maximum absolute atomic E-state index is 12.4. The molecular weight excluding hydrogens is 318 g/mol. The van der Waals surface area contributed by atoms with E-state index in [4.69, 9.17) is 4.74 Å². The average Bonchev–Trinajstić information content (AvgIpc) is 2.62. The van der Waals surface area contributed by atoms with E-state index in [2.05, 4.69) is 25.9 Å². The highest BCUT2D eigenvalue weighted by atomic mass is 16.5. The van der Waals surface area contributed by atoms with Gasteiger partial charge in [0, 0.05) is 18.2 Å². The molecule has 0 saturated heterocycles. The molecule has 2 aromatic rings. The number of anilines is 1. The predicted molar refractivity (Wildman–Crippen MR) is 97.4 cm³/mol. The highest BCUT2D eigenvalue weighted by molar-refractivity contribution is 6.05. The van der Waals surface area contributed by atoms with Gasteiger partial charge in [-0.2, -0.15) is 4.99 Å². The highest BCUT2D eigenvalue weighted by Crippen LogP contribution is 2.15. The molecule has 7 nitrogen and oxygen atoms in total. The number of rotatable bonds is 3. The lowest BCUT2D eigenvalue weighted by Crippen LogP contribution is -2.52. The Morgan fingerprint density at radius 3 is 2.32 bits per heavy atom. The van der Waals surface area contributed by atoms with E-state index in [1.165, 1.54) is 7.11 Å². The molecular formula is C18H19N5O2. The fourth-order valence-corrected chi connectivity index (χ4v) is 2.34. The molecule has 0 aromatic heterocycles.